The summed E-state index contributed by atoms with van der Waals surface area (Å²) in [4.78, 5) is 5.34. The van der Waals surface area contributed by atoms with E-state index in [0.29, 0.717) is 0 Å². The Balaban J connectivity index is 1.46. The van der Waals surface area contributed by atoms with Gasteiger partial charge in [0.05, 0.1) is 16.7 Å². The molecule has 0 radical (unpaired) electrons. The monoisotopic (exact) mass is 604 g/mol. The van der Waals surface area contributed by atoms with Crippen LogP contribution in [0.25, 0.3) is 28.1 Å². The summed E-state index contributed by atoms with van der Waals surface area (Å²) in [6, 6.07) is 44.9. The first kappa shape index (κ1) is 29.3. The Morgan fingerprint density at radius 2 is 0.915 bits per heavy atom. The van der Waals surface area contributed by atoms with Crippen LogP contribution in [0.4, 0.5) is 0 Å². The van der Waals surface area contributed by atoms with Crippen molar-refractivity contribution in [1.82, 2.24) is 9.55 Å². The van der Waals surface area contributed by atoms with Gasteiger partial charge in [-0.25, -0.2) is 4.98 Å². The largest absolute Gasteiger partial charge is 0.292 e. The Morgan fingerprint density at radius 1 is 0.447 bits per heavy atom. The lowest BCUT2D eigenvalue weighted by Crippen LogP contribution is -2.75. The molecular formula is C43H38B2N2. The molecule has 1 aromatic heterocycles. The van der Waals surface area contributed by atoms with Crippen molar-refractivity contribution in [3.8, 4) is 17.1 Å². The third-order valence-corrected chi connectivity index (χ3v) is 10.5. The van der Waals surface area contributed by atoms with Gasteiger partial charge in [0.2, 0.25) is 13.4 Å². The normalized spacial score (nSPS) is 12.4. The summed E-state index contributed by atoms with van der Waals surface area (Å²) in [5.74, 6) is 0.981. The van der Waals surface area contributed by atoms with Crippen LogP contribution >= 0.6 is 0 Å². The van der Waals surface area contributed by atoms with Crippen LogP contribution in [0.5, 0.6) is 0 Å². The average molecular weight is 604 g/mol. The van der Waals surface area contributed by atoms with Crippen molar-refractivity contribution in [2.75, 3.05) is 0 Å². The average Bonchev–Trinajstić information content (AvgIpc) is 3.44. The van der Waals surface area contributed by atoms with E-state index in [4.69, 9.17) is 4.98 Å². The van der Waals surface area contributed by atoms with Crippen molar-refractivity contribution in [3.63, 3.8) is 0 Å². The van der Waals surface area contributed by atoms with Crippen LogP contribution in [0.1, 0.15) is 33.4 Å². The second kappa shape index (κ2) is 11.3. The lowest BCUT2D eigenvalue weighted by molar-refractivity contribution is 1.06. The number of hydrogen-bond acceptors (Lipinski definition) is 1. The molecular weight excluding hydrogens is 566 g/mol. The van der Waals surface area contributed by atoms with Gasteiger partial charge in [-0.2, -0.15) is 0 Å². The predicted octanol–water partition coefficient (Wildman–Crippen LogP) is 5.89. The van der Waals surface area contributed by atoms with E-state index < -0.39 is 0 Å². The fraction of sp³-hybridized carbons (Fsp3) is 0.140. The van der Waals surface area contributed by atoms with Gasteiger partial charge in [0.15, 0.2) is 0 Å². The zero-order chi connectivity index (χ0) is 32.4. The van der Waals surface area contributed by atoms with Gasteiger partial charge in [0, 0.05) is 5.56 Å². The molecule has 2 heterocycles. The van der Waals surface area contributed by atoms with Crippen LogP contribution < -0.4 is 32.8 Å². The standard InChI is InChI=1S/C43H38B2N2/c1-27-14-11-15-28(2)40(27)44-34-20-7-8-21-35(34)45(41-29(3)16-12-17-30(41)4)37-26-33(24-25-36(37)44)43-46-38-22-9-10-23-39(38)47(43)42-31(5)18-13-19-32(42)6/h7-26H,1-6H3. The zero-order valence-electron chi connectivity index (χ0n) is 28.1. The zero-order valence-corrected chi connectivity index (χ0v) is 28.1. The summed E-state index contributed by atoms with van der Waals surface area (Å²) in [5.41, 5.74) is 20.7. The van der Waals surface area contributed by atoms with Gasteiger partial charge in [-0.05, 0) is 64.8 Å². The van der Waals surface area contributed by atoms with Crippen LogP contribution in [0, 0.1) is 41.5 Å². The highest BCUT2D eigenvalue weighted by atomic mass is 15.1. The van der Waals surface area contributed by atoms with Gasteiger partial charge < -0.3 is 0 Å². The summed E-state index contributed by atoms with van der Waals surface area (Å²) < 4.78 is 2.38. The molecule has 0 amide bonds. The molecule has 0 bridgehead atoms. The first-order valence-electron chi connectivity index (χ1n) is 16.7. The summed E-state index contributed by atoms with van der Waals surface area (Å²) in [7, 11) is 0. The third-order valence-electron chi connectivity index (χ3n) is 10.5. The molecule has 2 nitrogen and oxygen atoms in total. The second-order valence-electron chi connectivity index (χ2n) is 13.4. The predicted molar refractivity (Wildman–Crippen MR) is 204 cm³/mol. The Labute approximate surface area is 279 Å². The molecule has 0 saturated carbocycles. The molecule has 8 rings (SSSR count). The van der Waals surface area contributed by atoms with Gasteiger partial charge in [-0.15, -0.1) is 0 Å². The van der Waals surface area contributed by atoms with Crippen LogP contribution in [0.15, 0.2) is 121 Å². The van der Waals surface area contributed by atoms with Gasteiger partial charge in [-0.3, -0.25) is 4.57 Å². The Hall–Kier alpha value is -5.08. The van der Waals surface area contributed by atoms with E-state index in [2.05, 4.69) is 167 Å². The van der Waals surface area contributed by atoms with Gasteiger partial charge in [0.25, 0.3) is 0 Å². The van der Waals surface area contributed by atoms with Crippen molar-refractivity contribution in [2.45, 2.75) is 41.5 Å². The minimum atomic E-state index is 0.112. The smallest absolute Gasteiger partial charge is 0.240 e. The van der Waals surface area contributed by atoms with E-state index in [0.717, 1.165) is 22.4 Å². The van der Waals surface area contributed by atoms with Crippen LogP contribution in [0.2, 0.25) is 0 Å². The molecule has 0 saturated heterocycles. The molecule has 0 atom stereocenters. The maximum atomic E-state index is 5.34. The van der Waals surface area contributed by atoms with E-state index in [1.807, 2.05) is 0 Å². The fourth-order valence-electron chi connectivity index (χ4n) is 8.39. The van der Waals surface area contributed by atoms with Crippen LogP contribution in [-0.2, 0) is 0 Å². The van der Waals surface area contributed by atoms with E-state index in [-0.39, 0.29) is 13.4 Å². The first-order chi connectivity index (χ1) is 22.8. The van der Waals surface area contributed by atoms with Crippen molar-refractivity contribution in [3.05, 3.63) is 155 Å². The SMILES string of the molecule is Cc1cccc(C)c1B1c2ccccc2B(c2c(C)cccc2C)c2cc(-c3nc4ccccc4n3-c3c(C)cccc3C)ccc21. The molecule has 6 aromatic carbocycles. The van der Waals surface area contributed by atoms with E-state index >= 15 is 0 Å². The topological polar surface area (TPSA) is 17.8 Å². The van der Waals surface area contributed by atoms with E-state index in [1.165, 1.54) is 71.8 Å². The summed E-state index contributed by atoms with van der Waals surface area (Å²) in [6.45, 7) is 13.7. The molecule has 0 aliphatic carbocycles. The molecule has 0 fully saturated rings. The van der Waals surface area contributed by atoms with Crippen LogP contribution in [-0.4, -0.2) is 23.0 Å². The number of aryl methyl sites for hydroxylation is 6. The number of imidazole rings is 1. The number of nitrogens with zero attached hydrogens (tertiary/aromatic N) is 2. The minimum absolute atomic E-state index is 0.112. The fourth-order valence-corrected chi connectivity index (χ4v) is 8.39. The number of rotatable bonds is 4. The lowest BCUT2D eigenvalue weighted by atomic mass is 9.20. The number of hydrogen-bond donors (Lipinski definition) is 0. The quantitative estimate of drug-likeness (QED) is 0.229. The van der Waals surface area contributed by atoms with Crippen molar-refractivity contribution >= 4 is 57.2 Å². The van der Waals surface area contributed by atoms with Gasteiger partial charge in [-0.1, -0.05) is 164 Å². The maximum absolute atomic E-state index is 5.34. The molecule has 226 valence electrons. The summed E-state index contributed by atoms with van der Waals surface area (Å²) in [5, 5.41) is 0. The molecule has 0 N–H and O–H groups in total. The number of aromatic nitrogens is 2. The second-order valence-corrected chi connectivity index (χ2v) is 13.4. The highest BCUT2D eigenvalue weighted by Crippen LogP contribution is 2.31. The summed E-state index contributed by atoms with van der Waals surface area (Å²) >= 11 is 0. The summed E-state index contributed by atoms with van der Waals surface area (Å²) in [6.07, 6.45) is 0. The lowest BCUT2D eigenvalue weighted by Gasteiger charge is -2.34. The molecule has 1 aliphatic rings. The van der Waals surface area contributed by atoms with E-state index in [9.17, 15) is 0 Å². The number of fused-ring (bicyclic) bond motifs is 3. The molecule has 7 aromatic rings. The maximum Gasteiger partial charge on any atom is 0.240 e. The van der Waals surface area contributed by atoms with Crippen molar-refractivity contribution in [2.24, 2.45) is 0 Å². The Morgan fingerprint density at radius 3 is 1.49 bits per heavy atom. The Kier molecular flexibility index (Phi) is 7.06. The minimum Gasteiger partial charge on any atom is -0.292 e. The van der Waals surface area contributed by atoms with E-state index in [1.54, 1.807) is 0 Å². The first-order valence-corrected chi connectivity index (χ1v) is 16.7. The van der Waals surface area contributed by atoms with Gasteiger partial charge in [0.1, 0.15) is 5.82 Å². The molecule has 1 aliphatic heterocycles. The highest BCUT2D eigenvalue weighted by Gasteiger charge is 2.40. The highest BCUT2D eigenvalue weighted by molar-refractivity contribution is 7.11. The number of para-hydroxylation sites is 3. The third kappa shape index (κ3) is 4.61. The van der Waals surface area contributed by atoms with Crippen molar-refractivity contribution < 1.29 is 0 Å². The molecule has 47 heavy (non-hydrogen) atoms. The Bertz CT molecular complexity index is 2290. The van der Waals surface area contributed by atoms with Gasteiger partial charge >= 0.3 is 0 Å². The molecule has 4 heteroatoms. The molecule has 0 unspecified atom stereocenters. The van der Waals surface area contributed by atoms with Crippen LogP contribution in [0.3, 0.4) is 0 Å². The van der Waals surface area contributed by atoms with Crippen molar-refractivity contribution in [1.29, 1.82) is 0 Å². The number of benzene rings is 6. The molecule has 0 spiro atoms.